The van der Waals surface area contributed by atoms with Crippen LogP contribution >= 0.6 is 12.2 Å². The van der Waals surface area contributed by atoms with Crippen LogP contribution in [0.1, 0.15) is 11.6 Å². The second-order valence-electron chi connectivity index (χ2n) is 3.95. The van der Waals surface area contributed by atoms with Crippen molar-refractivity contribution in [1.29, 1.82) is 0 Å². The molecule has 110 valence electrons. The summed E-state index contributed by atoms with van der Waals surface area (Å²) in [6.45, 7) is 0. The third-order valence-corrected chi connectivity index (χ3v) is 2.67. The van der Waals surface area contributed by atoms with E-state index < -0.39 is 29.2 Å². The minimum atomic E-state index is -4.80. The first kappa shape index (κ1) is 16.2. The Balaban J connectivity index is 2.84. The van der Waals surface area contributed by atoms with Crippen molar-refractivity contribution in [2.24, 2.45) is 11.5 Å². The Morgan fingerprint density at radius 2 is 1.80 bits per heavy atom. The maximum absolute atomic E-state index is 12.6. The Morgan fingerprint density at radius 3 is 2.20 bits per heavy atom. The molecule has 1 rings (SSSR count). The number of rotatable bonds is 4. The summed E-state index contributed by atoms with van der Waals surface area (Å²) in [5.41, 5.74) is 10.7. The van der Waals surface area contributed by atoms with Crippen LogP contribution in [0.2, 0.25) is 0 Å². The van der Waals surface area contributed by atoms with E-state index in [1.807, 2.05) is 0 Å². The highest BCUT2D eigenvalue weighted by Gasteiger charge is 2.43. The fraction of sp³-hybridized carbons (Fsp3) is 0.273. The molecule has 0 aromatic heterocycles. The Kier molecular flexibility index (Phi) is 4.90. The van der Waals surface area contributed by atoms with Gasteiger partial charge in [-0.05, 0) is 17.7 Å². The molecule has 0 aliphatic carbocycles. The van der Waals surface area contributed by atoms with Crippen LogP contribution in [0.4, 0.5) is 13.2 Å². The van der Waals surface area contributed by atoms with Gasteiger partial charge >= 0.3 is 6.18 Å². The molecule has 1 aromatic carbocycles. The maximum Gasteiger partial charge on any atom is 0.415 e. The first-order valence-electron chi connectivity index (χ1n) is 5.34. The van der Waals surface area contributed by atoms with Gasteiger partial charge in [0, 0.05) is 0 Å². The highest BCUT2D eigenvalue weighted by atomic mass is 32.1. The number of amides is 1. The summed E-state index contributed by atoms with van der Waals surface area (Å²) in [7, 11) is 0. The zero-order valence-electron chi connectivity index (χ0n) is 10.0. The van der Waals surface area contributed by atoms with Crippen LogP contribution in [0, 0.1) is 0 Å². The van der Waals surface area contributed by atoms with Crippen LogP contribution in [0.5, 0.6) is 5.75 Å². The smallest absolute Gasteiger partial charge is 0.415 e. The fourth-order valence-corrected chi connectivity index (χ4v) is 1.57. The first-order valence-corrected chi connectivity index (χ1v) is 5.74. The summed E-state index contributed by atoms with van der Waals surface area (Å²) in [5.74, 6) is -1.14. The molecule has 0 aliphatic heterocycles. The van der Waals surface area contributed by atoms with Crippen molar-refractivity contribution < 1.29 is 23.1 Å². The SMILES string of the molecule is NC(=S)C(NC(=O)C(N)c1ccc(O)cc1)C(F)(F)F. The lowest BCUT2D eigenvalue weighted by molar-refractivity contribution is -0.149. The fourth-order valence-electron chi connectivity index (χ4n) is 1.38. The molecule has 0 aliphatic rings. The van der Waals surface area contributed by atoms with E-state index in [1.165, 1.54) is 24.3 Å². The molecular weight excluding hydrogens is 295 g/mol. The summed E-state index contributed by atoms with van der Waals surface area (Å²) in [4.78, 5) is 10.8. The Hall–Kier alpha value is -1.87. The van der Waals surface area contributed by atoms with Gasteiger partial charge < -0.3 is 21.9 Å². The van der Waals surface area contributed by atoms with Crippen molar-refractivity contribution in [2.45, 2.75) is 18.3 Å². The number of thiocarbonyl (C=S) groups is 1. The van der Waals surface area contributed by atoms with Crippen molar-refractivity contribution in [3.63, 3.8) is 0 Å². The number of nitrogens with two attached hydrogens (primary N) is 2. The first-order chi connectivity index (χ1) is 9.12. The summed E-state index contributed by atoms with van der Waals surface area (Å²) in [5, 5.41) is 10.7. The minimum absolute atomic E-state index is 0.0577. The monoisotopic (exact) mass is 307 g/mol. The molecular formula is C11H12F3N3O2S. The average Bonchev–Trinajstić information content (AvgIpc) is 2.33. The van der Waals surface area contributed by atoms with Gasteiger partial charge in [-0.1, -0.05) is 24.4 Å². The standard InChI is InChI=1S/C11H12F3N3O2S/c12-11(13,14)8(9(16)20)17-10(19)7(15)5-1-3-6(18)4-2-5/h1-4,7-8,18H,15H2,(H2,16,20)(H,17,19). The number of hydrogen-bond acceptors (Lipinski definition) is 4. The van der Waals surface area contributed by atoms with E-state index in [9.17, 15) is 18.0 Å². The number of hydrogen-bond donors (Lipinski definition) is 4. The van der Waals surface area contributed by atoms with Crippen molar-refractivity contribution in [3.05, 3.63) is 29.8 Å². The van der Waals surface area contributed by atoms with E-state index in [1.54, 1.807) is 5.32 Å². The van der Waals surface area contributed by atoms with Gasteiger partial charge in [0.1, 0.15) is 16.8 Å². The van der Waals surface area contributed by atoms with Crippen molar-refractivity contribution in [1.82, 2.24) is 5.32 Å². The summed E-state index contributed by atoms with van der Waals surface area (Å²) < 4.78 is 37.8. The third-order valence-electron chi connectivity index (χ3n) is 2.43. The number of carbonyl (C=O) groups excluding carboxylic acids is 1. The molecule has 9 heteroatoms. The number of nitrogens with one attached hydrogen (secondary N) is 1. The number of halogens is 3. The molecule has 0 saturated carbocycles. The van der Waals surface area contributed by atoms with Gasteiger partial charge in [0.2, 0.25) is 5.91 Å². The quantitative estimate of drug-likeness (QED) is 0.614. The highest BCUT2D eigenvalue weighted by molar-refractivity contribution is 7.80. The average molecular weight is 307 g/mol. The predicted octanol–water partition coefficient (Wildman–Crippen LogP) is 0.725. The molecule has 6 N–H and O–H groups in total. The van der Waals surface area contributed by atoms with E-state index in [-0.39, 0.29) is 11.3 Å². The van der Waals surface area contributed by atoms with Crippen molar-refractivity contribution in [2.75, 3.05) is 0 Å². The maximum atomic E-state index is 12.6. The second-order valence-corrected chi connectivity index (χ2v) is 4.43. The van der Waals surface area contributed by atoms with Crippen LogP contribution in [-0.2, 0) is 4.79 Å². The van der Waals surface area contributed by atoms with E-state index in [2.05, 4.69) is 12.2 Å². The summed E-state index contributed by atoms with van der Waals surface area (Å²) >= 11 is 4.27. The topological polar surface area (TPSA) is 101 Å². The molecule has 0 spiro atoms. The molecule has 1 aromatic rings. The zero-order chi connectivity index (χ0) is 15.5. The normalized spacial score (nSPS) is 14.4. The molecule has 2 unspecified atom stereocenters. The molecule has 0 heterocycles. The lowest BCUT2D eigenvalue weighted by Gasteiger charge is -2.22. The Bertz CT molecular complexity index is 505. The lowest BCUT2D eigenvalue weighted by Crippen LogP contribution is -2.54. The van der Waals surface area contributed by atoms with Crippen LogP contribution in [-0.4, -0.2) is 28.2 Å². The third kappa shape index (κ3) is 4.07. The number of phenols is 1. The van der Waals surface area contributed by atoms with Crippen LogP contribution in [0.15, 0.2) is 24.3 Å². The Labute approximate surface area is 117 Å². The van der Waals surface area contributed by atoms with Gasteiger partial charge in [-0.25, -0.2) is 0 Å². The molecule has 0 fully saturated rings. The van der Waals surface area contributed by atoms with Gasteiger partial charge in [0.05, 0.1) is 0 Å². The van der Waals surface area contributed by atoms with Crippen LogP contribution < -0.4 is 16.8 Å². The highest BCUT2D eigenvalue weighted by Crippen LogP contribution is 2.22. The number of alkyl halides is 3. The zero-order valence-corrected chi connectivity index (χ0v) is 10.8. The number of aromatic hydroxyl groups is 1. The molecule has 0 saturated heterocycles. The van der Waals surface area contributed by atoms with Crippen molar-refractivity contribution >= 4 is 23.1 Å². The van der Waals surface area contributed by atoms with Gasteiger partial charge in [-0.15, -0.1) is 0 Å². The molecule has 0 bridgehead atoms. The Morgan fingerprint density at radius 1 is 1.30 bits per heavy atom. The number of carbonyl (C=O) groups is 1. The lowest BCUT2D eigenvalue weighted by atomic mass is 10.1. The van der Waals surface area contributed by atoms with E-state index in [0.29, 0.717) is 0 Å². The van der Waals surface area contributed by atoms with Gasteiger partial charge in [-0.2, -0.15) is 13.2 Å². The largest absolute Gasteiger partial charge is 0.508 e. The second kappa shape index (κ2) is 6.06. The summed E-state index contributed by atoms with van der Waals surface area (Å²) in [6, 6.07) is 1.39. The molecule has 0 radical (unpaired) electrons. The van der Waals surface area contributed by atoms with E-state index in [0.717, 1.165) is 0 Å². The van der Waals surface area contributed by atoms with Crippen molar-refractivity contribution in [3.8, 4) is 5.75 Å². The number of benzene rings is 1. The minimum Gasteiger partial charge on any atom is -0.508 e. The molecule has 2 atom stereocenters. The number of phenolic OH excluding ortho intramolecular Hbond substituents is 1. The summed E-state index contributed by atoms with van der Waals surface area (Å²) in [6.07, 6.45) is -4.80. The van der Waals surface area contributed by atoms with E-state index >= 15 is 0 Å². The van der Waals surface area contributed by atoms with Gasteiger partial charge in [0.15, 0.2) is 6.04 Å². The van der Waals surface area contributed by atoms with Crippen LogP contribution in [0.25, 0.3) is 0 Å². The van der Waals surface area contributed by atoms with E-state index in [4.69, 9.17) is 16.6 Å². The van der Waals surface area contributed by atoms with Gasteiger partial charge in [0.25, 0.3) is 0 Å². The molecule has 20 heavy (non-hydrogen) atoms. The molecule has 5 nitrogen and oxygen atoms in total. The van der Waals surface area contributed by atoms with Gasteiger partial charge in [-0.3, -0.25) is 4.79 Å². The predicted molar refractivity (Wildman–Crippen MR) is 69.8 cm³/mol. The molecule has 1 amide bonds. The van der Waals surface area contributed by atoms with Crippen LogP contribution in [0.3, 0.4) is 0 Å².